The third kappa shape index (κ3) is 6.01. The van der Waals surface area contributed by atoms with Crippen LogP contribution < -0.4 is 10.4 Å². The molecular weight excluding hydrogens is 444 g/mol. The van der Waals surface area contributed by atoms with Crippen molar-refractivity contribution in [3.05, 3.63) is 96.5 Å². The van der Waals surface area contributed by atoms with Crippen molar-refractivity contribution in [2.45, 2.75) is 38.2 Å². The van der Waals surface area contributed by atoms with Gasteiger partial charge in [0, 0.05) is 0 Å². The van der Waals surface area contributed by atoms with Crippen LogP contribution >= 0.6 is 0 Å². The van der Waals surface area contributed by atoms with Crippen LogP contribution in [0.5, 0.6) is 0 Å². The molecule has 0 radical (unpaired) electrons. The summed E-state index contributed by atoms with van der Waals surface area (Å²) in [6.45, 7) is 3.01. The number of rotatable bonds is 11. The molecule has 34 heavy (non-hydrogen) atoms. The fourth-order valence-electron chi connectivity index (χ4n) is 4.20. The van der Waals surface area contributed by atoms with E-state index in [9.17, 15) is 4.79 Å². The molecular formula is C28H32O5Si. The van der Waals surface area contributed by atoms with Crippen molar-refractivity contribution in [3.63, 3.8) is 0 Å². The molecule has 1 heterocycles. The van der Waals surface area contributed by atoms with Gasteiger partial charge in [-0.2, -0.15) is 0 Å². The quantitative estimate of drug-likeness (QED) is 0.306. The summed E-state index contributed by atoms with van der Waals surface area (Å²) in [7, 11) is -2.48. The number of unbranched alkanes of at least 4 members (excludes halogenated alkanes) is 1. The average molecular weight is 479 g/mol. The first kappa shape index (κ1) is 23.0. The molecule has 6 heteroatoms. The maximum absolute atomic E-state index is 12.3. The molecule has 0 saturated carbocycles. The standard InChI is InChI=1S/C28H32O5Si/c1-2-3-19-34(25-15-9-5-10-16-25,26-17-11-6-12-18-26)32-21-24-20-30-27(33-24)22-31-28(29)23-13-7-4-8-14-23/h4-18,24,27H,2-3,19-22H2,1H3/t24-,27-/m0/s1/i4T. The van der Waals surface area contributed by atoms with E-state index in [1.807, 2.05) is 12.1 Å². The molecule has 3 aromatic carbocycles. The number of hydrogen-bond donors (Lipinski definition) is 0. The molecule has 1 saturated heterocycles. The Bertz CT molecular complexity index is 1020. The second-order valence-corrected chi connectivity index (χ2v) is 12.0. The molecule has 0 N–H and O–H groups in total. The Balaban J connectivity index is 1.40. The monoisotopic (exact) mass is 478 g/mol. The minimum absolute atomic E-state index is 0.00768. The summed E-state index contributed by atoms with van der Waals surface area (Å²) in [5.74, 6) is -0.462. The van der Waals surface area contributed by atoms with Crippen LogP contribution in [-0.2, 0) is 18.6 Å². The van der Waals surface area contributed by atoms with Crippen LogP contribution in [-0.4, -0.2) is 46.5 Å². The normalized spacial score (nSPS) is 18.4. The van der Waals surface area contributed by atoms with E-state index in [1.165, 1.54) is 10.4 Å². The molecule has 0 aliphatic carbocycles. The molecule has 4 rings (SSSR count). The lowest BCUT2D eigenvalue weighted by Crippen LogP contribution is -2.61. The van der Waals surface area contributed by atoms with Gasteiger partial charge in [0.05, 0.1) is 20.1 Å². The third-order valence-electron chi connectivity index (χ3n) is 5.99. The maximum Gasteiger partial charge on any atom is 0.338 e. The van der Waals surface area contributed by atoms with Gasteiger partial charge in [-0.3, -0.25) is 0 Å². The van der Waals surface area contributed by atoms with Crippen LogP contribution in [0, 0.1) is 0 Å². The number of ether oxygens (including phenoxy) is 3. The Kier molecular flexibility index (Phi) is 8.17. The van der Waals surface area contributed by atoms with Gasteiger partial charge < -0.3 is 18.6 Å². The summed E-state index contributed by atoms with van der Waals surface area (Å²) in [5.41, 5.74) is 0.399. The van der Waals surface area contributed by atoms with Gasteiger partial charge in [-0.1, -0.05) is 98.6 Å². The van der Waals surface area contributed by atoms with Crippen molar-refractivity contribution in [1.82, 2.24) is 0 Å². The maximum atomic E-state index is 12.3. The predicted molar refractivity (Wildman–Crippen MR) is 135 cm³/mol. The molecule has 0 bridgehead atoms. The van der Waals surface area contributed by atoms with E-state index in [0.717, 1.165) is 18.9 Å². The van der Waals surface area contributed by atoms with Crippen molar-refractivity contribution < 1.29 is 24.8 Å². The number of benzene rings is 3. The average Bonchev–Trinajstić information content (AvgIpc) is 3.37. The molecule has 3 aromatic rings. The zero-order chi connectivity index (χ0) is 24.5. The highest BCUT2D eigenvalue weighted by molar-refractivity contribution is 6.97. The highest BCUT2D eigenvalue weighted by Crippen LogP contribution is 2.20. The van der Waals surface area contributed by atoms with Gasteiger partial charge in [0.25, 0.3) is 8.32 Å². The van der Waals surface area contributed by atoms with Crippen LogP contribution in [0.3, 0.4) is 0 Å². The molecule has 2 atom stereocenters. The van der Waals surface area contributed by atoms with Crippen LogP contribution in [0.4, 0.5) is 0 Å². The Morgan fingerprint density at radius 3 is 2.24 bits per heavy atom. The zero-order valence-electron chi connectivity index (χ0n) is 20.5. The van der Waals surface area contributed by atoms with Crippen LogP contribution in [0.15, 0.2) is 91.0 Å². The number of carbonyl (C=O) groups is 1. The Labute approximate surface area is 204 Å². The molecule has 1 aliphatic rings. The van der Waals surface area contributed by atoms with Gasteiger partial charge in [-0.25, -0.2) is 4.79 Å². The van der Waals surface area contributed by atoms with E-state index in [-0.39, 0.29) is 12.7 Å². The number of hydrogen-bond acceptors (Lipinski definition) is 5. The zero-order valence-corrected chi connectivity index (χ0v) is 20.5. The van der Waals surface area contributed by atoms with Crippen LogP contribution in [0.25, 0.3) is 0 Å². The largest absolute Gasteiger partial charge is 0.457 e. The summed E-state index contributed by atoms with van der Waals surface area (Å²) in [5, 5.41) is 2.51. The second-order valence-electron chi connectivity index (χ2n) is 8.38. The highest BCUT2D eigenvalue weighted by atomic mass is 28.4. The second kappa shape index (κ2) is 12.1. The van der Waals surface area contributed by atoms with E-state index in [2.05, 4.69) is 55.5 Å². The van der Waals surface area contributed by atoms with E-state index >= 15 is 0 Å². The van der Waals surface area contributed by atoms with Gasteiger partial charge in [0.2, 0.25) is 0 Å². The molecule has 0 spiro atoms. The van der Waals surface area contributed by atoms with Crippen molar-refractivity contribution in [2.24, 2.45) is 0 Å². The van der Waals surface area contributed by atoms with Crippen molar-refractivity contribution in [3.8, 4) is 0 Å². The summed E-state index contributed by atoms with van der Waals surface area (Å²) < 4.78 is 31.5. The SMILES string of the molecule is [3H]c1ccc(C(=O)OC[C@H]2OC[C@@H](CO[Si](CCCC)(c3ccccc3)c3ccccc3)O2)cc1. The minimum atomic E-state index is -2.48. The van der Waals surface area contributed by atoms with Crippen molar-refractivity contribution in [1.29, 1.82) is 0 Å². The van der Waals surface area contributed by atoms with Gasteiger partial charge in [-0.05, 0) is 28.6 Å². The Morgan fingerprint density at radius 2 is 1.62 bits per heavy atom. The first-order valence-corrected chi connectivity index (χ1v) is 14.0. The van der Waals surface area contributed by atoms with Crippen LogP contribution in [0.1, 0.15) is 31.5 Å². The fourth-order valence-corrected chi connectivity index (χ4v) is 8.37. The van der Waals surface area contributed by atoms with Crippen molar-refractivity contribution >= 4 is 24.7 Å². The first-order valence-electron chi connectivity index (χ1n) is 12.4. The lowest BCUT2D eigenvalue weighted by molar-refractivity contribution is -0.0964. The third-order valence-corrected chi connectivity index (χ3v) is 10.2. The van der Waals surface area contributed by atoms with Gasteiger partial charge >= 0.3 is 5.97 Å². The highest BCUT2D eigenvalue weighted by Gasteiger charge is 2.40. The first-order chi connectivity index (χ1) is 17.1. The molecule has 0 aromatic heterocycles. The minimum Gasteiger partial charge on any atom is -0.457 e. The Hall–Kier alpha value is -2.77. The summed E-state index contributed by atoms with van der Waals surface area (Å²) >= 11 is 0. The smallest absolute Gasteiger partial charge is 0.338 e. The predicted octanol–water partition coefficient (Wildman–Crippen LogP) is 4.16. The van der Waals surface area contributed by atoms with E-state index in [4.69, 9.17) is 20.0 Å². The Morgan fingerprint density at radius 1 is 0.971 bits per heavy atom. The molecule has 1 fully saturated rings. The van der Waals surface area contributed by atoms with Gasteiger partial charge in [-0.15, -0.1) is 0 Å². The topological polar surface area (TPSA) is 54.0 Å². The van der Waals surface area contributed by atoms with Crippen molar-refractivity contribution in [2.75, 3.05) is 19.8 Å². The fraction of sp³-hybridized carbons (Fsp3) is 0.321. The van der Waals surface area contributed by atoms with E-state index in [0.29, 0.717) is 24.8 Å². The molecule has 178 valence electrons. The lowest BCUT2D eigenvalue weighted by atomic mass is 10.2. The number of carbonyl (C=O) groups excluding carboxylic acids is 1. The summed E-state index contributed by atoms with van der Waals surface area (Å²) in [4.78, 5) is 12.3. The molecule has 5 nitrogen and oxygen atoms in total. The molecule has 0 unspecified atom stereocenters. The lowest BCUT2D eigenvalue weighted by Gasteiger charge is -2.33. The summed E-state index contributed by atoms with van der Waals surface area (Å²) in [6.07, 6.45) is 1.32. The molecule has 0 amide bonds. The van der Waals surface area contributed by atoms with E-state index < -0.39 is 20.6 Å². The van der Waals surface area contributed by atoms with E-state index in [1.54, 1.807) is 24.3 Å². The molecule has 1 aliphatic heterocycles. The van der Waals surface area contributed by atoms with Gasteiger partial charge in [0.1, 0.15) is 12.7 Å². The summed E-state index contributed by atoms with van der Waals surface area (Å²) in [6, 6.07) is 28.7. The van der Waals surface area contributed by atoms with Crippen LogP contribution in [0.2, 0.25) is 6.04 Å². The van der Waals surface area contributed by atoms with Gasteiger partial charge in [0.15, 0.2) is 6.29 Å². The number of esters is 1.